The second kappa shape index (κ2) is 7.02. The average molecular weight is 396 g/mol. The van der Waals surface area contributed by atoms with Crippen LogP contribution in [0.15, 0.2) is 36.7 Å². The van der Waals surface area contributed by atoms with E-state index in [4.69, 9.17) is 0 Å². The summed E-state index contributed by atoms with van der Waals surface area (Å²) in [6, 6.07) is 3.58. The van der Waals surface area contributed by atoms with Gasteiger partial charge in [0.15, 0.2) is 11.5 Å². The van der Waals surface area contributed by atoms with Gasteiger partial charge in [-0.3, -0.25) is 14.5 Å². The standard InChI is InChI=1S/C18H13F5N4O/c1-9-7-24-8-12(20)16(9)25-17(28)13-6-14(27(2)26-13)15-10(18(21,22)23)4-3-5-11(15)19/h3-8H,1-2H3,(H,24,25,28). The van der Waals surface area contributed by atoms with Crippen molar-refractivity contribution in [1.29, 1.82) is 0 Å². The fourth-order valence-corrected chi connectivity index (χ4v) is 2.70. The van der Waals surface area contributed by atoms with E-state index in [2.05, 4.69) is 15.4 Å². The zero-order chi connectivity index (χ0) is 20.6. The van der Waals surface area contributed by atoms with E-state index >= 15 is 0 Å². The van der Waals surface area contributed by atoms with Crippen LogP contribution in [0.4, 0.5) is 27.6 Å². The Morgan fingerprint density at radius 2 is 1.86 bits per heavy atom. The number of carbonyl (C=O) groups is 1. The number of anilines is 1. The first-order valence-corrected chi connectivity index (χ1v) is 7.91. The zero-order valence-corrected chi connectivity index (χ0v) is 14.6. The Balaban J connectivity index is 2.03. The van der Waals surface area contributed by atoms with Crippen LogP contribution in [0.5, 0.6) is 0 Å². The summed E-state index contributed by atoms with van der Waals surface area (Å²) in [5.41, 5.74) is -2.26. The Labute approximate surface area is 155 Å². The maximum absolute atomic E-state index is 14.2. The van der Waals surface area contributed by atoms with E-state index < -0.39 is 34.8 Å². The fraction of sp³-hybridized carbons (Fsp3) is 0.167. The number of carbonyl (C=O) groups excluding carboxylic acids is 1. The smallest absolute Gasteiger partial charge is 0.318 e. The Kier molecular flexibility index (Phi) is 4.88. The van der Waals surface area contributed by atoms with Gasteiger partial charge in [-0.05, 0) is 30.7 Å². The Morgan fingerprint density at radius 1 is 1.14 bits per heavy atom. The molecular formula is C18H13F5N4O. The third kappa shape index (κ3) is 3.57. The van der Waals surface area contributed by atoms with Gasteiger partial charge in [0.05, 0.1) is 23.1 Å². The van der Waals surface area contributed by atoms with Gasteiger partial charge >= 0.3 is 6.18 Å². The Hall–Kier alpha value is -3.30. The normalized spacial score (nSPS) is 11.5. The number of benzene rings is 1. The minimum Gasteiger partial charge on any atom is -0.318 e. The van der Waals surface area contributed by atoms with Gasteiger partial charge in [0.1, 0.15) is 5.82 Å². The van der Waals surface area contributed by atoms with Gasteiger partial charge in [-0.2, -0.15) is 18.3 Å². The molecule has 2 heterocycles. The summed E-state index contributed by atoms with van der Waals surface area (Å²) in [5, 5.41) is 6.14. The molecule has 146 valence electrons. The van der Waals surface area contributed by atoms with Crippen molar-refractivity contribution in [2.75, 3.05) is 5.32 Å². The van der Waals surface area contributed by atoms with Crippen LogP contribution < -0.4 is 5.32 Å². The topological polar surface area (TPSA) is 59.8 Å². The van der Waals surface area contributed by atoms with E-state index in [-0.39, 0.29) is 17.1 Å². The van der Waals surface area contributed by atoms with E-state index in [1.807, 2.05) is 0 Å². The predicted molar refractivity (Wildman–Crippen MR) is 90.5 cm³/mol. The second-order valence-corrected chi connectivity index (χ2v) is 5.97. The van der Waals surface area contributed by atoms with Gasteiger partial charge < -0.3 is 5.32 Å². The summed E-state index contributed by atoms with van der Waals surface area (Å²) >= 11 is 0. The molecule has 0 spiro atoms. The van der Waals surface area contributed by atoms with Crippen LogP contribution in [0.1, 0.15) is 21.6 Å². The molecule has 0 radical (unpaired) electrons. The molecule has 0 bridgehead atoms. The van der Waals surface area contributed by atoms with Gasteiger partial charge in [0, 0.05) is 18.8 Å². The lowest BCUT2D eigenvalue weighted by Crippen LogP contribution is -2.15. The zero-order valence-electron chi connectivity index (χ0n) is 14.6. The van der Waals surface area contributed by atoms with E-state index in [1.54, 1.807) is 0 Å². The van der Waals surface area contributed by atoms with E-state index in [0.717, 1.165) is 35.1 Å². The minimum atomic E-state index is -4.80. The lowest BCUT2D eigenvalue weighted by molar-refractivity contribution is -0.137. The van der Waals surface area contributed by atoms with Crippen LogP contribution in [0, 0.1) is 18.6 Å². The van der Waals surface area contributed by atoms with Gasteiger partial charge in [0.25, 0.3) is 5.91 Å². The molecule has 0 saturated heterocycles. The fourth-order valence-electron chi connectivity index (χ4n) is 2.70. The van der Waals surface area contributed by atoms with Crippen LogP contribution in [-0.2, 0) is 13.2 Å². The van der Waals surface area contributed by atoms with Crippen LogP contribution in [0.3, 0.4) is 0 Å². The highest BCUT2D eigenvalue weighted by Crippen LogP contribution is 2.38. The van der Waals surface area contributed by atoms with Crippen LogP contribution in [0.25, 0.3) is 11.3 Å². The van der Waals surface area contributed by atoms with Gasteiger partial charge in [-0.15, -0.1) is 0 Å². The molecule has 2 aromatic heterocycles. The van der Waals surface area contributed by atoms with E-state index in [0.29, 0.717) is 5.56 Å². The van der Waals surface area contributed by atoms with E-state index in [9.17, 15) is 26.7 Å². The summed E-state index contributed by atoms with van der Waals surface area (Å²) in [6.07, 6.45) is -2.57. The number of halogens is 5. The third-order valence-corrected chi connectivity index (χ3v) is 4.02. The molecule has 10 heteroatoms. The van der Waals surface area contributed by atoms with Crippen LogP contribution in [-0.4, -0.2) is 20.7 Å². The summed E-state index contributed by atoms with van der Waals surface area (Å²) < 4.78 is 68.8. The number of hydrogen-bond acceptors (Lipinski definition) is 3. The molecule has 0 aliphatic rings. The molecule has 5 nitrogen and oxygen atoms in total. The van der Waals surface area contributed by atoms with Crippen molar-refractivity contribution in [3.63, 3.8) is 0 Å². The highest BCUT2D eigenvalue weighted by Gasteiger charge is 2.36. The maximum Gasteiger partial charge on any atom is 0.417 e. The summed E-state index contributed by atoms with van der Waals surface area (Å²) in [4.78, 5) is 16.0. The highest BCUT2D eigenvalue weighted by atomic mass is 19.4. The quantitative estimate of drug-likeness (QED) is 0.670. The average Bonchev–Trinajstić information content (AvgIpc) is 2.99. The molecule has 0 unspecified atom stereocenters. The number of nitrogens with zero attached hydrogens (tertiary/aromatic N) is 3. The lowest BCUT2D eigenvalue weighted by Gasteiger charge is -2.13. The van der Waals surface area contributed by atoms with Crippen LogP contribution in [0.2, 0.25) is 0 Å². The van der Waals surface area contributed by atoms with E-state index in [1.165, 1.54) is 20.2 Å². The monoisotopic (exact) mass is 396 g/mol. The molecule has 0 aliphatic heterocycles. The van der Waals surface area contributed by atoms with Crippen molar-refractivity contribution in [3.8, 4) is 11.3 Å². The van der Waals surface area contributed by atoms with Crippen molar-refractivity contribution in [2.45, 2.75) is 13.1 Å². The number of rotatable bonds is 3. The largest absolute Gasteiger partial charge is 0.417 e. The first kappa shape index (κ1) is 19.5. The maximum atomic E-state index is 14.2. The molecule has 0 saturated carbocycles. The number of hydrogen-bond donors (Lipinski definition) is 1. The summed E-state index contributed by atoms with van der Waals surface area (Å²) in [5.74, 6) is -2.75. The molecule has 1 aromatic carbocycles. The van der Waals surface area contributed by atoms with Gasteiger partial charge in [-0.1, -0.05) is 6.07 Å². The summed E-state index contributed by atoms with van der Waals surface area (Å²) in [6.45, 7) is 1.52. The number of alkyl halides is 3. The molecular weight excluding hydrogens is 383 g/mol. The summed E-state index contributed by atoms with van der Waals surface area (Å²) in [7, 11) is 1.27. The SMILES string of the molecule is Cc1cncc(F)c1NC(=O)c1cc(-c2c(F)cccc2C(F)(F)F)n(C)n1. The molecule has 1 amide bonds. The number of pyridine rings is 1. The molecule has 0 atom stereocenters. The second-order valence-electron chi connectivity index (χ2n) is 5.97. The molecule has 28 heavy (non-hydrogen) atoms. The molecule has 3 rings (SSSR count). The van der Waals surface area contributed by atoms with Crippen LogP contribution >= 0.6 is 0 Å². The van der Waals surface area contributed by atoms with Gasteiger partial charge in [0.2, 0.25) is 0 Å². The van der Waals surface area contributed by atoms with Gasteiger partial charge in [-0.25, -0.2) is 8.78 Å². The molecule has 3 aromatic rings. The van der Waals surface area contributed by atoms with Crippen molar-refractivity contribution in [2.24, 2.45) is 7.05 Å². The Morgan fingerprint density at radius 3 is 2.50 bits per heavy atom. The minimum absolute atomic E-state index is 0.130. The number of aromatic nitrogens is 3. The number of nitrogens with one attached hydrogen (secondary N) is 1. The van der Waals surface area contributed by atoms with Crippen molar-refractivity contribution in [3.05, 3.63) is 65.1 Å². The third-order valence-electron chi connectivity index (χ3n) is 4.02. The number of aryl methyl sites for hydroxylation is 2. The Bertz CT molecular complexity index is 1040. The first-order valence-electron chi connectivity index (χ1n) is 7.91. The van der Waals surface area contributed by atoms with Crippen molar-refractivity contribution in [1.82, 2.24) is 14.8 Å². The molecule has 1 N–H and O–H groups in total. The number of amides is 1. The highest BCUT2D eigenvalue weighted by molar-refractivity contribution is 6.04. The molecule has 0 fully saturated rings. The first-order chi connectivity index (χ1) is 13.1. The van der Waals surface area contributed by atoms with Crippen molar-refractivity contribution < 1.29 is 26.7 Å². The lowest BCUT2D eigenvalue weighted by atomic mass is 10.0. The predicted octanol–water partition coefficient (Wildman–Crippen LogP) is 4.34. The van der Waals surface area contributed by atoms with Crippen molar-refractivity contribution >= 4 is 11.6 Å². The molecule has 0 aliphatic carbocycles.